The number of benzene rings is 1. The SMILES string of the molecule is CNc1nc(C(N)=O)c(NC(=O)C(C)Oc2ccc(Cl)cc2C)s1. The molecule has 1 aromatic carbocycles. The molecule has 0 radical (unpaired) electrons. The summed E-state index contributed by atoms with van der Waals surface area (Å²) in [6.45, 7) is 3.44. The molecule has 4 N–H and O–H groups in total. The zero-order chi connectivity index (χ0) is 17.9. The first-order valence-corrected chi connectivity index (χ1v) is 8.23. The number of carbonyl (C=O) groups is 2. The average Bonchev–Trinajstić information content (AvgIpc) is 2.93. The number of rotatable bonds is 6. The molecule has 0 aliphatic heterocycles. The highest BCUT2D eigenvalue weighted by Crippen LogP contribution is 2.28. The fraction of sp³-hybridized carbons (Fsp3) is 0.267. The number of aromatic nitrogens is 1. The number of amides is 2. The van der Waals surface area contributed by atoms with Gasteiger partial charge >= 0.3 is 0 Å². The lowest BCUT2D eigenvalue weighted by Crippen LogP contribution is -2.30. The summed E-state index contributed by atoms with van der Waals surface area (Å²) in [5.41, 5.74) is 6.10. The molecule has 2 amide bonds. The molecular weight excluding hydrogens is 352 g/mol. The van der Waals surface area contributed by atoms with E-state index in [0.29, 0.717) is 15.9 Å². The minimum absolute atomic E-state index is 0.00701. The van der Waals surface area contributed by atoms with Crippen LogP contribution in [0.15, 0.2) is 18.2 Å². The molecular formula is C15H17ClN4O3S. The lowest BCUT2D eigenvalue weighted by atomic mass is 10.2. The van der Waals surface area contributed by atoms with E-state index in [1.54, 1.807) is 32.2 Å². The largest absolute Gasteiger partial charge is 0.481 e. The maximum absolute atomic E-state index is 12.3. The van der Waals surface area contributed by atoms with Crippen LogP contribution in [0.5, 0.6) is 5.75 Å². The summed E-state index contributed by atoms with van der Waals surface area (Å²) in [5.74, 6) is -0.583. The molecule has 7 nitrogen and oxygen atoms in total. The number of carbonyl (C=O) groups excluding carboxylic acids is 2. The zero-order valence-electron chi connectivity index (χ0n) is 13.3. The summed E-state index contributed by atoms with van der Waals surface area (Å²) in [6.07, 6.45) is -0.786. The van der Waals surface area contributed by atoms with Crippen LogP contribution in [0.4, 0.5) is 10.1 Å². The topological polar surface area (TPSA) is 106 Å². The van der Waals surface area contributed by atoms with Gasteiger partial charge in [0.15, 0.2) is 16.9 Å². The number of thiazole rings is 1. The predicted molar refractivity (Wildman–Crippen MR) is 95.1 cm³/mol. The van der Waals surface area contributed by atoms with Gasteiger partial charge in [-0.15, -0.1) is 0 Å². The van der Waals surface area contributed by atoms with Crippen molar-refractivity contribution in [3.63, 3.8) is 0 Å². The van der Waals surface area contributed by atoms with Crippen LogP contribution in [0.3, 0.4) is 0 Å². The van der Waals surface area contributed by atoms with E-state index < -0.39 is 17.9 Å². The van der Waals surface area contributed by atoms with Gasteiger partial charge in [0.2, 0.25) is 0 Å². The Morgan fingerprint density at radius 1 is 1.42 bits per heavy atom. The Labute approximate surface area is 148 Å². The zero-order valence-corrected chi connectivity index (χ0v) is 14.9. The Hall–Kier alpha value is -2.32. The van der Waals surface area contributed by atoms with Crippen LogP contribution >= 0.6 is 22.9 Å². The van der Waals surface area contributed by atoms with Crippen molar-refractivity contribution in [1.82, 2.24) is 4.98 Å². The quantitative estimate of drug-likeness (QED) is 0.726. The summed E-state index contributed by atoms with van der Waals surface area (Å²) >= 11 is 7.01. The number of halogens is 1. The number of hydrogen-bond donors (Lipinski definition) is 3. The van der Waals surface area contributed by atoms with Gasteiger partial charge in [-0.2, -0.15) is 0 Å². The Kier molecular flexibility index (Phi) is 5.63. The highest BCUT2D eigenvalue weighted by atomic mass is 35.5. The van der Waals surface area contributed by atoms with Gasteiger partial charge in [0.1, 0.15) is 10.8 Å². The van der Waals surface area contributed by atoms with Crippen LogP contribution in [0.2, 0.25) is 5.02 Å². The molecule has 0 spiro atoms. The smallest absolute Gasteiger partial charge is 0.270 e. The molecule has 1 atom stereocenters. The molecule has 128 valence electrons. The maximum Gasteiger partial charge on any atom is 0.270 e. The van der Waals surface area contributed by atoms with Crippen molar-refractivity contribution in [2.45, 2.75) is 20.0 Å². The van der Waals surface area contributed by atoms with Gasteiger partial charge in [-0.25, -0.2) is 4.98 Å². The third kappa shape index (κ3) is 4.15. The first kappa shape index (κ1) is 18.0. The third-order valence-corrected chi connectivity index (χ3v) is 4.34. The molecule has 0 aliphatic carbocycles. The molecule has 0 fully saturated rings. The number of nitrogens with one attached hydrogen (secondary N) is 2. The Morgan fingerprint density at radius 2 is 2.12 bits per heavy atom. The molecule has 0 aliphatic rings. The van der Waals surface area contributed by atoms with E-state index in [1.165, 1.54) is 0 Å². The maximum atomic E-state index is 12.3. The third-order valence-electron chi connectivity index (χ3n) is 3.12. The number of anilines is 2. The second-order valence-corrected chi connectivity index (χ2v) is 6.41. The van der Waals surface area contributed by atoms with Crippen LogP contribution in [0.25, 0.3) is 0 Å². The summed E-state index contributed by atoms with van der Waals surface area (Å²) in [5, 5.41) is 6.77. The normalized spacial score (nSPS) is 11.7. The molecule has 1 unspecified atom stereocenters. The van der Waals surface area contributed by atoms with Crippen molar-refractivity contribution >= 4 is 44.9 Å². The molecule has 2 rings (SSSR count). The standard InChI is InChI=1S/C15H17ClN4O3S/c1-7-6-9(16)4-5-10(7)23-8(2)13(22)20-14-11(12(17)21)19-15(18-3)24-14/h4-6,8H,1-3H3,(H2,17,21)(H,18,19)(H,20,22). The van der Waals surface area contributed by atoms with E-state index in [9.17, 15) is 9.59 Å². The second-order valence-electron chi connectivity index (χ2n) is 4.97. The van der Waals surface area contributed by atoms with Crippen molar-refractivity contribution in [1.29, 1.82) is 0 Å². The van der Waals surface area contributed by atoms with E-state index >= 15 is 0 Å². The van der Waals surface area contributed by atoms with Crippen LogP contribution in [-0.4, -0.2) is 29.9 Å². The van der Waals surface area contributed by atoms with Crippen molar-refractivity contribution in [2.24, 2.45) is 5.73 Å². The first-order chi connectivity index (χ1) is 11.3. The highest BCUT2D eigenvalue weighted by Gasteiger charge is 2.21. The fourth-order valence-corrected chi connectivity index (χ4v) is 2.93. The Bertz CT molecular complexity index is 778. The van der Waals surface area contributed by atoms with Gasteiger partial charge in [-0.05, 0) is 37.6 Å². The van der Waals surface area contributed by atoms with Crippen LogP contribution < -0.4 is 21.1 Å². The van der Waals surface area contributed by atoms with Crippen molar-refractivity contribution in [3.8, 4) is 5.75 Å². The van der Waals surface area contributed by atoms with Crippen molar-refractivity contribution in [2.75, 3.05) is 17.7 Å². The van der Waals surface area contributed by atoms with Gasteiger partial charge in [0, 0.05) is 12.1 Å². The monoisotopic (exact) mass is 368 g/mol. The number of primary amides is 1. The van der Waals surface area contributed by atoms with Crippen LogP contribution in [0, 0.1) is 6.92 Å². The summed E-state index contributed by atoms with van der Waals surface area (Å²) in [7, 11) is 1.66. The van der Waals surface area contributed by atoms with Crippen molar-refractivity contribution < 1.29 is 14.3 Å². The number of ether oxygens (including phenoxy) is 1. The van der Waals surface area contributed by atoms with E-state index in [1.807, 2.05) is 6.92 Å². The number of aryl methyl sites for hydroxylation is 1. The van der Waals surface area contributed by atoms with Gasteiger partial charge in [0.25, 0.3) is 11.8 Å². The minimum atomic E-state index is -0.786. The van der Waals surface area contributed by atoms with Gasteiger partial charge in [-0.1, -0.05) is 22.9 Å². The molecule has 9 heteroatoms. The molecule has 2 aromatic rings. The predicted octanol–water partition coefficient (Wildman–Crippen LogP) is 2.65. The van der Waals surface area contributed by atoms with Gasteiger partial charge < -0.3 is 21.1 Å². The Morgan fingerprint density at radius 3 is 2.71 bits per heavy atom. The minimum Gasteiger partial charge on any atom is -0.481 e. The molecule has 0 saturated heterocycles. The van der Waals surface area contributed by atoms with E-state index in [0.717, 1.165) is 16.9 Å². The molecule has 24 heavy (non-hydrogen) atoms. The number of nitrogens with two attached hydrogens (primary N) is 1. The van der Waals surface area contributed by atoms with Crippen LogP contribution in [0.1, 0.15) is 23.0 Å². The number of nitrogens with zero attached hydrogens (tertiary/aromatic N) is 1. The summed E-state index contributed by atoms with van der Waals surface area (Å²) < 4.78 is 5.65. The first-order valence-electron chi connectivity index (χ1n) is 7.04. The molecule has 1 heterocycles. The second kappa shape index (κ2) is 7.50. The van der Waals surface area contributed by atoms with Crippen LogP contribution in [-0.2, 0) is 4.79 Å². The molecule has 1 aromatic heterocycles. The Balaban J connectivity index is 2.11. The summed E-state index contributed by atoms with van der Waals surface area (Å²) in [4.78, 5) is 27.7. The average molecular weight is 369 g/mol. The molecule has 0 saturated carbocycles. The van der Waals surface area contributed by atoms with Gasteiger partial charge in [0.05, 0.1) is 0 Å². The van der Waals surface area contributed by atoms with Gasteiger partial charge in [-0.3, -0.25) is 9.59 Å². The lowest BCUT2D eigenvalue weighted by molar-refractivity contribution is -0.122. The molecule has 0 bridgehead atoms. The van der Waals surface area contributed by atoms with E-state index in [4.69, 9.17) is 22.1 Å². The highest BCUT2D eigenvalue weighted by molar-refractivity contribution is 7.20. The van der Waals surface area contributed by atoms with Crippen molar-refractivity contribution in [3.05, 3.63) is 34.5 Å². The van der Waals surface area contributed by atoms with E-state index in [2.05, 4.69) is 15.6 Å². The number of hydrogen-bond acceptors (Lipinski definition) is 6. The summed E-state index contributed by atoms with van der Waals surface area (Å²) in [6, 6.07) is 5.12. The lowest BCUT2D eigenvalue weighted by Gasteiger charge is -2.16. The fourth-order valence-electron chi connectivity index (χ4n) is 1.88. The van der Waals surface area contributed by atoms with E-state index in [-0.39, 0.29) is 10.7 Å².